The van der Waals surface area contributed by atoms with Crippen LogP contribution < -0.4 is 0 Å². The average Bonchev–Trinajstić information content (AvgIpc) is 2.28. The second kappa shape index (κ2) is 5.50. The van der Waals surface area contributed by atoms with E-state index in [1.54, 1.807) is 21.3 Å². The minimum absolute atomic E-state index is 0.938. The van der Waals surface area contributed by atoms with Crippen molar-refractivity contribution >= 4 is 9.05 Å². The van der Waals surface area contributed by atoms with Crippen molar-refractivity contribution in [3.63, 3.8) is 0 Å². The molecule has 0 amide bonds. The third kappa shape index (κ3) is 2.81. The van der Waals surface area contributed by atoms with Gasteiger partial charge in [0.15, 0.2) is 0 Å². The average molecular weight is 218 g/mol. The molecular weight excluding hydrogens is 200 g/mol. The molecule has 0 heterocycles. The van der Waals surface area contributed by atoms with Gasteiger partial charge in [0.05, 0.1) is 5.76 Å². The van der Waals surface area contributed by atoms with Crippen molar-refractivity contribution < 1.29 is 17.7 Å². The highest BCUT2D eigenvalue weighted by Crippen LogP contribution is 2.22. The second-order valence-electron chi connectivity index (χ2n) is 3.13. The molecule has 4 nitrogen and oxygen atoms in total. The second-order valence-corrected chi connectivity index (χ2v) is 5.56. The fraction of sp³-hybridized carbons (Fsp3) is 0.778. The van der Waals surface area contributed by atoms with Crippen LogP contribution in [0.3, 0.4) is 0 Å². The highest BCUT2D eigenvalue weighted by Gasteiger charge is 2.45. The molecule has 0 unspecified atom stereocenters. The van der Waals surface area contributed by atoms with E-state index in [1.807, 2.05) is 0 Å². The van der Waals surface area contributed by atoms with Crippen molar-refractivity contribution in [2.45, 2.75) is 25.7 Å². The van der Waals surface area contributed by atoms with Crippen LogP contribution in [0, 0.1) is 0 Å². The zero-order valence-corrected chi connectivity index (χ0v) is 10.0. The van der Waals surface area contributed by atoms with Crippen molar-refractivity contribution in [3.8, 4) is 0 Å². The smallest absolute Gasteiger partial charge is 0.484 e. The Balaban J connectivity index is 2.57. The standard InChI is InChI=1S/C9H18O4Si/c1-10-14(11-2,12-3)13-9-7-5-4-6-8-9/h7H,4-6,8H2,1-3H3. The topological polar surface area (TPSA) is 36.9 Å². The predicted octanol–water partition coefficient (Wildman–Crippen LogP) is 1.84. The van der Waals surface area contributed by atoms with E-state index >= 15 is 0 Å². The Hall–Kier alpha value is -0.363. The summed E-state index contributed by atoms with van der Waals surface area (Å²) in [6.45, 7) is 0. The van der Waals surface area contributed by atoms with Gasteiger partial charge in [0, 0.05) is 27.8 Å². The maximum atomic E-state index is 5.66. The molecule has 0 atom stereocenters. The summed E-state index contributed by atoms with van der Waals surface area (Å²) in [5, 5.41) is 0. The molecule has 82 valence electrons. The minimum atomic E-state index is -2.87. The zero-order chi connectivity index (χ0) is 10.4. The summed E-state index contributed by atoms with van der Waals surface area (Å²) in [5.74, 6) is 0.938. The van der Waals surface area contributed by atoms with E-state index in [-0.39, 0.29) is 0 Å². The van der Waals surface area contributed by atoms with Crippen molar-refractivity contribution in [2.75, 3.05) is 21.3 Å². The minimum Gasteiger partial charge on any atom is -0.484 e. The first-order chi connectivity index (χ1) is 6.76. The van der Waals surface area contributed by atoms with Crippen LogP contribution in [0.2, 0.25) is 0 Å². The largest absolute Gasteiger partial charge is 0.748 e. The Kier molecular flexibility index (Phi) is 4.60. The van der Waals surface area contributed by atoms with Crippen LogP contribution in [0.4, 0.5) is 0 Å². The number of hydrogen-bond donors (Lipinski definition) is 0. The van der Waals surface area contributed by atoms with Gasteiger partial charge in [0.1, 0.15) is 0 Å². The lowest BCUT2D eigenvalue weighted by atomic mass is 10.1. The molecule has 0 aromatic heterocycles. The van der Waals surface area contributed by atoms with Gasteiger partial charge in [0.2, 0.25) is 0 Å². The first-order valence-electron chi connectivity index (χ1n) is 4.80. The molecule has 0 saturated heterocycles. The summed E-state index contributed by atoms with van der Waals surface area (Å²) in [6.07, 6.45) is 6.49. The number of rotatable bonds is 5. The Morgan fingerprint density at radius 3 is 2.14 bits per heavy atom. The first kappa shape index (κ1) is 11.7. The van der Waals surface area contributed by atoms with E-state index in [9.17, 15) is 0 Å². The molecule has 0 aromatic carbocycles. The van der Waals surface area contributed by atoms with Crippen LogP contribution in [0.15, 0.2) is 11.8 Å². The predicted molar refractivity (Wildman–Crippen MR) is 54.4 cm³/mol. The summed E-state index contributed by atoms with van der Waals surface area (Å²) >= 11 is 0. The fourth-order valence-electron chi connectivity index (χ4n) is 1.44. The van der Waals surface area contributed by atoms with Crippen LogP contribution in [0.5, 0.6) is 0 Å². The Morgan fingerprint density at radius 2 is 1.71 bits per heavy atom. The summed E-state index contributed by atoms with van der Waals surface area (Å²) < 4.78 is 21.2. The van der Waals surface area contributed by atoms with Crippen LogP contribution >= 0.6 is 0 Å². The van der Waals surface area contributed by atoms with Crippen LogP contribution in [0.25, 0.3) is 0 Å². The van der Waals surface area contributed by atoms with Crippen molar-refractivity contribution in [1.82, 2.24) is 0 Å². The molecule has 0 radical (unpaired) electrons. The maximum Gasteiger partial charge on any atom is 0.748 e. The highest BCUT2D eigenvalue weighted by atomic mass is 28.4. The van der Waals surface area contributed by atoms with Gasteiger partial charge >= 0.3 is 9.05 Å². The Labute approximate surface area is 86.3 Å². The lowest BCUT2D eigenvalue weighted by molar-refractivity contribution is 0.0244. The molecule has 0 fully saturated rings. The third-order valence-electron chi connectivity index (χ3n) is 2.26. The number of allylic oxidation sites excluding steroid dienone is 2. The van der Waals surface area contributed by atoms with Crippen molar-refractivity contribution in [1.29, 1.82) is 0 Å². The molecule has 0 aromatic rings. The van der Waals surface area contributed by atoms with Crippen LogP contribution in [-0.2, 0) is 17.7 Å². The Morgan fingerprint density at radius 1 is 1.07 bits per heavy atom. The molecule has 0 spiro atoms. The van der Waals surface area contributed by atoms with Gasteiger partial charge in [0.25, 0.3) is 0 Å². The maximum absolute atomic E-state index is 5.66. The molecule has 1 aliphatic carbocycles. The van der Waals surface area contributed by atoms with E-state index in [0.29, 0.717) is 0 Å². The summed E-state index contributed by atoms with van der Waals surface area (Å²) in [5.41, 5.74) is 0. The summed E-state index contributed by atoms with van der Waals surface area (Å²) in [7, 11) is 1.76. The van der Waals surface area contributed by atoms with E-state index in [0.717, 1.165) is 25.0 Å². The summed E-state index contributed by atoms with van der Waals surface area (Å²) in [6, 6.07) is 0. The monoisotopic (exact) mass is 218 g/mol. The molecule has 0 bridgehead atoms. The number of hydrogen-bond acceptors (Lipinski definition) is 4. The molecule has 0 saturated carbocycles. The SMILES string of the molecule is CO[Si](OC)(OC)OC1=CCCCC1. The van der Waals surface area contributed by atoms with Crippen LogP contribution in [0.1, 0.15) is 25.7 Å². The van der Waals surface area contributed by atoms with Gasteiger partial charge in [-0.3, -0.25) is 0 Å². The molecule has 1 rings (SSSR count). The van der Waals surface area contributed by atoms with E-state index in [1.165, 1.54) is 6.42 Å². The molecule has 0 aliphatic heterocycles. The quantitative estimate of drug-likeness (QED) is 0.660. The van der Waals surface area contributed by atoms with E-state index < -0.39 is 9.05 Å². The highest BCUT2D eigenvalue weighted by molar-refractivity contribution is 6.53. The van der Waals surface area contributed by atoms with Gasteiger partial charge in [-0.1, -0.05) is 0 Å². The third-order valence-corrected chi connectivity index (χ3v) is 4.27. The Bertz CT molecular complexity index is 193. The lowest BCUT2D eigenvalue weighted by Crippen LogP contribution is -2.46. The molecule has 0 N–H and O–H groups in total. The summed E-state index contributed by atoms with van der Waals surface area (Å²) in [4.78, 5) is 0. The molecular formula is C9H18O4Si. The fourth-order valence-corrected chi connectivity index (χ4v) is 2.69. The molecule has 1 aliphatic rings. The lowest BCUT2D eigenvalue weighted by Gasteiger charge is -2.26. The van der Waals surface area contributed by atoms with Gasteiger partial charge in [-0.2, -0.15) is 0 Å². The van der Waals surface area contributed by atoms with Gasteiger partial charge < -0.3 is 17.7 Å². The van der Waals surface area contributed by atoms with E-state index in [4.69, 9.17) is 17.7 Å². The van der Waals surface area contributed by atoms with E-state index in [2.05, 4.69) is 6.08 Å². The molecule has 14 heavy (non-hydrogen) atoms. The van der Waals surface area contributed by atoms with Crippen LogP contribution in [-0.4, -0.2) is 30.4 Å². The van der Waals surface area contributed by atoms with Gasteiger partial charge in [-0.25, -0.2) is 0 Å². The normalized spacial score (nSPS) is 17.8. The first-order valence-corrected chi connectivity index (χ1v) is 6.43. The van der Waals surface area contributed by atoms with Crippen molar-refractivity contribution in [3.05, 3.63) is 11.8 Å². The van der Waals surface area contributed by atoms with Gasteiger partial charge in [-0.05, 0) is 25.3 Å². The zero-order valence-electron chi connectivity index (χ0n) is 9.04. The van der Waals surface area contributed by atoms with Crippen molar-refractivity contribution in [2.24, 2.45) is 0 Å². The van der Waals surface area contributed by atoms with Gasteiger partial charge in [-0.15, -0.1) is 0 Å². The molecule has 5 heteroatoms.